The second-order valence-electron chi connectivity index (χ2n) is 8.01. The number of para-hydroxylation sites is 1. The largest absolute Gasteiger partial charge is 0.493 e. The van der Waals surface area contributed by atoms with Gasteiger partial charge in [0.15, 0.2) is 0 Å². The van der Waals surface area contributed by atoms with Crippen LogP contribution in [0, 0.1) is 0 Å². The summed E-state index contributed by atoms with van der Waals surface area (Å²) in [6.07, 6.45) is 9.57. The van der Waals surface area contributed by atoms with Crippen LogP contribution in [0.3, 0.4) is 0 Å². The van der Waals surface area contributed by atoms with E-state index in [9.17, 15) is 4.79 Å². The second kappa shape index (κ2) is 10.1. The van der Waals surface area contributed by atoms with E-state index in [4.69, 9.17) is 9.72 Å². The monoisotopic (exact) mass is 422 g/mol. The molecule has 0 saturated carbocycles. The van der Waals surface area contributed by atoms with E-state index >= 15 is 0 Å². The molecular formula is C25H30N2O2S. The van der Waals surface area contributed by atoms with Crippen LogP contribution in [0.4, 0.5) is 0 Å². The Bertz CT molecular complexity index is 998. The number of benzene rings is 2. The Morgan fingerprint density at radius 1 is 1.13 bits per heavy atom. The van der Waals surface area contributed by atoms with Crippen LogP contribution in [-0.4, -0.2) is 17.5 Å². The summed E-state index contributed by atoms with van der Waals surface area (Å²) in [5.41, 5.74) is 2.74. The molecule has 2 aromatic carbocycles. The van der Waals surface area contributed by atoms with Gasteiger partial charge in [0.1, 0.15) is 5.75 Å². The van der Waals surface area contributed by atoms with Crippen LogP contribution in [0.2, 0.25) is 0 Å². The van der Waals surface area contributed by atoms with E-state index in [1.165, 1.54) is 43.5 Å². The number of ether oxygens (including phenoxy) is 1. The molecule has 0 fully saturated rings. The predicted molar refractivity (Wildman–Crippen MR) is 123 cm³/mol. The summed E-state index contributed by atoms with van der Waals surface area (Å²) in [6, 6.07) is 13.8. The summed E-state index contributed by atoms with van der Waals surface area (Å²) in [5, 5.41) is 4.36. The molecule has 4 nitrogen and oxygen atoms in total. The number of carbonyl (C=O) groups is 1. The number of carbonyl (C=O) groups excluding carboxylic acids is 1. The van der Waals surface area contributed by atoms with E-state index in [0.29, 0.717) is 12.2 Å². The molecule has 3 aromatic rings. The Morgan fingerprint density at radius 2 is 1.97 bits per heavy atom. The number of aromatic nitrogens is 1. The molecule has 158 valence electrons. The number of fused-ring (bicyclic) bond motifs is 2. The van der Waals surface area contributed by atoms with Gasteiger partial charge in [-0.2, -0.15) is 0 Å². The van der Waals surface area contributed by atoms with Crippen molar-refractivity contribution >= 4 is 27.5 Å². The molecule has 0 radical (unpaired) electrons. The molecule has 0 spiro atoms. The van der Waals surface area contributed by atoms with Gasteiger partial charge in [-0.1, -0.05) is 57.2 Å². The van der Waals surface area contributed by atoms with Crippen LogP contribution < -0.4 is 10.1 Å². The lowest BCUT2D eigenvalue weighted by Crippen LogP contribution is -2.32. The molecule has 1 aliphatic heterocycles. The molecule has 1 atom stereocenters. The van der Waals surface area contributed by atoms with Crippen molar-refractivity contribution in [3.63, 3.8) is 0 Å². The van der Waals surface area contributed by atoms with Gasteiger partial charge in [0.2, 0.25) is 0 Å². The fourth-order valence-corrected chi connectivity index (χ4v) is 5.06. The lowest BCUT2D eigenvalue weighted by molar-refractivity contribution is 0.0925. The minimum atomic E-state index is -0.0375. The normalized spacial score (nSPS) is 15.6. The molecule has 1 N–H and O–H groups in total. The molecule has 0 saturated heterocycles. The minimum Gasteiger partial charge on any atom is -0.493 e. The zero-order valence-corrected chi connectivity index (χ0v) is 18.5. The van der Waals surface area contributed by atoms with Crippen molar-refractivity contribution in [1.82, 2.24) is 10.3 Å². The smallest absolute Gasteiger partial charge is 0.251 e. The molecule has 1 aromatic heterocycles. The van der Waals surface area contributed by atoms with E-state index < -0.39 is 0 Å². The summed E-state index contributed by atoms with van der Waals surface area (Å²) in [4.78, 5) is 17.7. The third kappa shape index (κ3) is 5.01. The number of hydrogen-bond acceptors (Lipinski definition) is 4. The first-order valence-corrected chi connectivity index (χ1v) is 12.0. The number of nitrogens with one attached hydrogen (secondary N) is 1. The second-order valence-corrected chi connectivity index (χ2v) is 9.12. The average Bonchev–Trinajstić information content (AvgIpc) is 3.18. The van der Waals surface area contributed by atoms with Gasteiger partial charge in [-0.15, -0.1) is 11.3 Å². The van der Waals surface area contributed by atoms with Crippen LogP contribution in [0.1, 0.15) is 78.8 Å². The molecule has 1 aliphatic rings. The van der Waals surface area contributed by atoms with Crippen molar-refractivity contribution in [2.45, 2.75) is 64.3 Å². The van der Waals surface area contributed by atoms with Crippen LogP contribution in [0.15, 0.2) is 42.5 Å². The molecule has 30 heavy (non-hydrogen) atoms. The summed E-state index contributed by atoms with van der Waals surface area (Å²) < 4.78 is 6.80. The van der Waals surface area contributed by atoms with Crippen LogP contribution >= 0.6 is 11.3 Å². The van der Waals surface area contributed by atoms with Crippen molar-refractivity contribution < 1.29 is 9.53 Å². The van der Waals surface area contributed by atoms with Crippen LogP contribution in [-0.2, 0) is 6.42 Å². The standard InChI is InChI=1S/C25H30N2O2S/c1-2-3-4-5-6-7-12-24-26-21-14-13-18(17-23(21)30-24)25(28)27-20-15-16-29-22-11-9-8-10-19(20)22/h8-11,13-14,17,20H,2-7,12,15-16H2,1H3,(H,27,28)/t20-/m0/s1. The van der Waals surface area contributed by atoms with E-state index in [1.54, 1.807) is 11.3 Å². The van der Waals surface area contributed by atoms with Gasteiger partial charge in [0.25, 0.3) is 5.91 Å². The Labute approximate surface area is 182 Å². The quantitative estimate of drug-likeness (QED) is 0.403. The molecule has 0 bridgehead atoms. The van der Waals surface area contributed by atoms with E-state index in [2.05, 4.69) is 12.2 Å². The van der Waals surface area contributed by atoms with E-state index in [1.807, 2.05) is 42.5 Å². The SMILES string of the molecule is CCCCCCCCc1nc2ccc(C(=O)N[C@H]3CCOc4ccccc43)cc2s1. The predicted octanol–water partition coefficient (Wildman–Crippen LogP) is 6.45. The highest BCUT2D eigenvalue weighted by atomic mass is 32.1. The summed E-state index contributed by atoms with van der Waals surface area (Å²) in [7, 11) is 0. The fourth-order valence-electron chi connectivity index (χ4n) is 4.01. The van der Waals surface area contributed by atoms with Crippen molar-refractivity contribution in [1.29, 1.82) is 0 Å². The van der Waals surface area contributed by atoms with Crippen LogP contribution in [0.5, 0.6) is 5.75 Å². The molecule has 5 heteroatoms. The first-order chi connectivity index (χ1) is 14.7. The highest BCUT2D eigenvalue weighted by molar-refractivity contribution is 7.18. The lowest BCUT2D eigenvalue weighted by Gasteiger charge is -2.26. The Kier molecular flexibility index (Phi) is 7.00. The Morgan fingerprint density at radius 3 is 2.87 bits per heavy atom. The molecule has 0 aliphatic carbocycles. The number of thiazole rings is 1. The number of amides is 1. The van der Waals surface area contributed by atoms with E-state index in [-0.39, 0.29) is 11.9 Å². The van der Waals surface area contributed by atoms with Crippen molar-refractivity contribution in [2.24, 2.45) is 0 Å². The van der Waals surface area contributed by atoms with Gasteiger partial charge in [-0.05, 0) is 37.1 Å². The zero-order chi connectivity index (χ0) is 20.8. The molecular weight excluding hydrogens is 392 g/mol. The van der Waals surface area contributed by atoms with Crippen molar-refractivity contribution in [3.05, 3.63) is 58.6 Å². The van der Waals surface area contributed by atoms with Gasteiger partial charge in [0.05, 0.1) is 27.9 Å². The third-order valence-electron chi connectivity index (χ3n) is 5.70. The number of nitrogens with zero attached hydrogens (tertiary/aromatic N) is 1. The first-order valence-electron chi connectivity index (χ1n) is 11.2. The number of rotatable bonds is 9. The van der Waals surface area contributed by atoms with Gasteiger partial charge < -0.3 is 10.1 Å². The highest BCUT2D eigenvalue weighted by Gasteiger charge is 2.23. The Hall–Kier alpha value is -2.40. The van der Waals surface area contributed by atoms with Gasteiger partial charge in [-0.25, -0.2) is 4.98 Å². The molecule has 2 heterocycles. The molecule has 1 amide bonds. The average molecular weight is 423 g/mol. The molecule has 4 rings (SSSR count). The van der Waals surface area contributed by atoms with E-state index in [0.717, 1.165) is 34.4 Å². The maximum Gasteiger partial charge on any atom is 0.251 e. The van der Waals surface area contributed by atoms with Gasteiger partial charge in [-0.3, -0.25) is 4.79 Å². The number of unbranched alkanes of at least 4 members (excludes halogenated alkanes) is 5. The van der Waals surface area contributed by atoms with Crippen molar-refractivity contribution in [2.75, 3.05) is 6.61 Å². The summed E-state index contributed by atoms with van der Waals surface area (Å²) >= 11 is 1.72. The summed E-state index contributed by atoms with van der Waals surface area (Å²) in [5.74, 6) is 0.829. The van der Waals surface area contributed by atoms with Gasteiger partial charge in [0, 0.05) is 17.5 Å². The van der Waals surface area contributed by atoms with Crippen molar-refractivity contribution in [3.8, 4) is 5.75 Å². The third-order valence-corrected chi connectivity index (χ3v) is 6.78. The lowest BCUT2D eigenvalue weighted by atomic mass is 10.00. The fraction of sp³-hybridized carbons (Fsp3) is 0.440. The maximum atomic E-state index is 12.9. The van der Waals surface area contributed by atoms with Gasteiger partial charge >= 0.3 is 0 Å². The number of hydrogen-bond donors (Lipinski definition) is 1. The molecule has 0 unspecified atom stereocenters. The Balaban J connectivity index is 1.38. The minimum absolute atomic E-state index is 0.0112. The summed E-state index contributed by atoms with van der Waals surface area (Å²) in [6.45, 7) is 2.87. The van der Waals surface area contributed by atoms with Crippen LogP contribution in [0.25, 0.3) is 10.2 Å². The maximum absolute atomic E-state index is 12.9. The first kappa shape index (κ1) is 20.9. The zero-order valence-electron chi connectivity index (χ0n) is 17.7. The topological polar surface area (TPSA) is 51.2 Å². The number of aryl methyl sites for hydroxylation is 1. The highest BCUT2D eigenvalue weighted by Crippen LogP contribution is 2.32.